The second-order valence-corrected chi connectivity index (χ2v) is 8.38. The van der Waals surface area contributed by atoms with Crippen LogP contribution in [-0.4, -0.2) is 14.3 Å². The zero-order chi connectivity index (χ0) is 17.5. The number of amides is 1. The van der Waals surface area contributed by atoms with Crippen molar-refractivity contribution in [1.29, 1.82) is 0 Å². The third kappa shape index (κ3) is 3.50. The zero-order valence-electron chi connectivity index (χ0n) is 14.6. The minimum absolute atomic E-state index is 0.238. The van der Waals surface area contributed by atoms with Crippen molar-refractivity contribution < 1.29 is 13.2 Å². The molecule has 0 heterocycles. The van der Waals surface area contributed by atoms with Gasteiger partial charge < -0.3 is 0 Å². The molecule has 1 rings (SSSR count). The fourth-order valence-corrected chi connectivity index (χ4v) is 3.66. The molecule has 1 amide bonds. The summed E-state index contributed by atoms with van der Waals surface area (Å²) in [5, 5.41) is 0. The maximum atomic E-state index is 12.6. The van der Waals surface area contributed by atoms with E-state index in [0.29, 0.717) is 11.1 Å². The first-order valence-corrected chi connectivity index (χ1v) is 8.68. The Morgan fingerprint density at radius 2 is 1.18 bits per heavy atom. The highest BCUT2D eigenvalue weighted by atomic mass is 32.2. The molecule has 0 saturated carbocycles. The van der Waals surface area contributed by atoms with Crippen molar-refractivity contribution in [3.8, 4) is 0 Å². The number of hydrogen-bond donors (Lipinski definition) is 2. The van der Waals surface area contributed by atoms with Crippen LogP contribution < -0.4 is 10.3 Å². The topological polar surface area (TPSA) is 75.3 Å². The van der Waals surface area contributed by atoms with Crippen LogP contribution in [-0.2, 0) is 14.8 Å². The van der Waals surface area contributed by atoms with Crippen LogP contribution in [0.3, 0.4) is 0 Å². The summed E-state index contributed by atoms with van der Waals surface area (Å²) >= 11 is 0. The quantitative estimate of drug-likeness (QED) is 0.838. The van der Waals surface area contributed by atoms with E-state index in [2.05, 4.69) is 10.3 Å². The first kappa shape index (κ1) is 18.6. The summed E-state index contributed by atoms with van der Waals surface area (Å²) < 4.78 is 25.2. The maximum absolute atomic E-state index is 12.6. The number of hydrogen-bond acceptors (Lipinski definition) is 3. The lowest BCUT2D eigenvalue weighted by Gasteiger charge is -2.21. The molecule has 0 atom stereocenters. The van der Waals surface area contributed by atoms with Gasteiger partial charge in [0.25, 0.3) is 10.0 Å². The van der Waals surface area contributed by atoms with Gasteiger partial charge in [0.2, 0.25) is 5.91 Å². The molecule has 2 N–H and O–H groups in total. The van der Waals surface area contributed by atoms with E-state index in [9.17, 15) is 13.2 Å². The van der Waals surface area contributed by atoms with Gasteiger partial charge in [0, 0.05) is 5.41 Å². The Labute approximate surface area is 133 Å². The standard InChI is InChI=1S/C16H26N2O3S/c1-9-10(2)12(4)14(13(5)11(9)3)22(20,21)18-17-15(19)16(6,7)8/h18H,1-8H3,(H,17,19). The van der Waals surface area contributed by atoms with E-state index >= 15 is 0 Å². The molecule has 0 aliphatic heterocycles. The Morgan fingerprint density at radius 3 is 1.55 bits per heavy atom. The molecule has 0 unspecified atom stereocenters. The number of benzene rings is 1. The van der Waals surface area contributed by atoms with Gasteiger partial charge >= 0.3 is 0 Å². The second-order valence-electron chi connectivity index (χ2n) is 6.76. The molecule has 0 aliphatic rings. The van der Waals surface area contributed by atoms with Crippen molar-refractivity contribution in [1.82, 2.24) is 10.3 Å². The van der Waals surface area contributed by atoms with Crippen LogP contribution in [0.15, 0.2) is 4.90 Å². The number of carbonyl (C=O) groups excluding carboxylic acids is 1. The van der Waals surface area contributed by atoms with E-state index in [4.69, 9.17) is 0 Å². The van der Waals surface area contributed by atoms with Gasteiger partial charge in [0.1, 0.15) is 0 Å². The number of rotatable bonds is 3. The highest BCUT2D eigenvalue weighted by Crippen LogP contribution is 2.29. The predicted molar refractivity (Wildman–Crippen MR) is 88.0 cm³/mol. The molecule has 0 aliphatic carbocycles. The number of sulfonamides is 1. The van der Waals surface area contributed by atoms with Crippen LogP contribution in [0.25, 0.3) is 0 Å². The third-order valence-corrected chi connectivity index (χ3v) is 5.70. The molecule has 6 heteroatoms. The van der Waals surface area contributed by atoms with Crippen LogP contribution in [0.5, 0.6) is 0 Å². The summed E-state index contributed by atoms with van der Waals surface area (Å²) in [6.07, 6.45) is 0. The van der Waals surface area contributed by atoms with Crippen molar-refractivity contribution in [2.24, 2.45) is 5.41 Å². The SMILES string of the molecule is Cc1c(C)c(C)c(S(=O)(=O)NNC(=O)C(C)(C)C)c(C)c1C. The molecule has 0 spiro atoms. The van der Waals surface area contributed by atoms with Crippen LogP contribution in [0.1, 0.15) is 48.6 Å². The third-order valence-electron chi connectivity index (χ3n) is 4.18. The first-order chi connectivity index (χ1) is 9.80. The molecular formula is C16H26N2O3S. The summed E-state index contributed by atoms with van der Waals surface area (Å²) in [4.78, 5) is 14.3. The van der Waals surface area contributed by atoms with Gasteiger partial charge in [-0.2, -0.15) is 0 Å². The van der Waals surface area contributed by atoms with Gasteiger partial charge in [-0.25, -0.2) is 8.42 Å². The van der Waals surface area contributed by atoms with Crippen LogP contribution >= 0.6 is 0 Å². The van der Waals surface area contributed by atoms with E-state index < -0.39 is 15.4 Å². The molecular weight excluding hydrogens is 300 g/mol. The van der Waals surface area contributed by atoms with E-state index in [1.807, 2.05) is 20.8 Å². The molecule has 1 aromatic carbocycles. The van der Waals surface area contributed by atoms with E-state index in [0.717, 1.165) is 16.7 Å². The van der Waals surface area contributed by atoms with Gasteiger partial charge in [0.05, 0.1) is 4.90 Å². The molecule has 0 saturated heterocycles. The normalized spacial score (nSPS) is 12.4. The molecule has 0 aromatic heterocycles. The number of hydrazine groups is 1. The van der Waals surface area contributed by atoms with Crippen LogP contribution in [0, 0.1) is 40.0 Å². The average molecular weight is 326 g/mol. The Bertz CT molecular complexity index is 685. The fourth-order valence-electron chi connectivity index (χ4n) is 2.22. The first-order valence-electron chi connectivity index (χ1n) is 7.20. The van der Waals surface area contributed by atoms with Crippen LogP contribution in [0.2, 0.25) is 0 Å². The fraction of sp³-hybridized carbons (Fsp3) is 0.562. The highest BCUT2D eigenvalue weighted by Gasteiger charge is 2.26. The second kappa shape index (κ2) is 6.01. The van der Waals surface area contributed by atoms with E-state index in [1.165, 1.54) is 0 Å². The Balaban J connectivity index is 3.29. The zero-order valence-corrected chi connectivity index (χ0v) is 15.4. The van der Waals surface area contributed by atoms with E-state index in [-0.39, 0.29) is 10.8 Å². The molecule has 5 nitrogen and oxygen atoms in total. The van der Waals surface area contributed by atoms with Crippen molar-refractivity contribution in [3.63, 3.8) is 0 Å². The highest BCUT2D eigenvalue weighted by molar-refractivity contribution is 7.89. The Kier molecular flexibility index (Phi) is 5.09. The monoisotopic (exact) mass is 326 g/mol. The average Bonchev–Trinajstić information content (AvgIpc) is 2.39. The van der Waals surface area contributed by atoms with Crippen molar-refractivity contribution in [2.45, 2.75) is 60.3 Å². The lowest BCUT2D eigenvalue weighted by Crippen LogP contribution is -2.46. The van der Waals surface area contributed by atoms with E-state index in [1.54, 1.807) is 34.6 Å². The number of carbonyl (C=O) groups is 1. The van der Waals surface area contributed by atoms with Gasteiger partial charge in [0.15, 0.2) is 0 Å². The maximum Gasteiger partial charge on any atom is 0.257 e. The molecule has 0 radical (unpaired) electrons. The smallest absolute Gasteiger partial charge is 0.257 e. The number of nitrogens with one attached hydrogen (secondary N) is 2. The summed E-state index contributed by atoms with van der Waals surface area (Å²) in [6, 6.07) is 0. The minimum atomic E-state index is -3.82. The summed E-state index contributed by atoms with van der Waals surface area (Å²) in [6.45, 7) is 14.5. The van der Waals surface area contributed by atoms with Gasteiger partial charge in [-0.1, -0.05) is 20.8 Å². The molecule has 1 aromatic rings. The van der Waals surface area contributed by atoms with Crippen LogP contribution in [0.4, 0.5) is 0 Å². The van der Waals surface area contributed by atoms with Crippen molar-refractivity contribution in [2.75, 3.05) is 0 Å². The summed E-state index contributed by atoms with van der Waals surface area (Å²) in [5.74, 6) is -0.382. The molecule has 22 heavy (non-hydrogen) atoms. The lowest BCUT2D eigenvalue weighted by molar-refractivity contribution is -0.129. The van der Waals surface area contributed by atoms with Gasteiger partial charge in [-0.3, -0.25) is 10.2 Å². The van der Waals surface area contributed by atoms with Gasteiger partial charge in [-0.05, 0) is 62.4 Å². The summed E-state index contributed by atoms with van der Waals surface area (Å²) in [7, 11) is -3.82. The minimum Gasteiger partial charge on any atom is -0.277 e. The van der Waals surface area contributed by atoms with Gasteiger partial charge in [-0.15, -0.1) is 4.83 Å². The largest absolute Gasteiger partial charge is 0.277 e. The predicted octanol–water partition coefficient (Wildman–Crippen LogP) is 2.58. The molecule has 0 fully saturated rings. The Hall–Kier alpha value is -1.40. The van der Waals surface area contributed by atoms with Crippen molar-refractivity contribution in [3.05, 3.63) is 27.8 Å². The molecule has 0 bridgehead atoms. The molecule has 124 valence electrons. The summed E-state index contributed by atoms with van der Waals surface area (Å²) in [5.41, 5.74) is 6.02. The lowest BCUT2D eigenvalue weighted by atomic mass is 9.95. The van der Waals surface area contributed by atoms with Crippen molar-refractivity contribution >= 4 is 15.9 Å². The Morgan fingerprint density at radius 1 is 0.818 bits per heavy atom.